The molecular weight excluding hydrogens is 316 g/mol. The molecule has 0 bridgehead atoms. The Kier molecular flexibility index (Phi) is 3.82. The molecule has 0 radical (unpaired) electrons. The summed E-state index contributed by atoms with van der Waals surface area (Å²) in [7, 11) is 0. The van der Waals surface area contributed by atoms with E-state index >= 15 is 0 Å². The molecule has 124 valence electrons. The fourth-order valence-corrected chi connectivity index (χ4v) is 2.99. The van der Waals surface area contributed by atoms with Crippen LogP contribution in [-0.4, -0.2) is 18.4 Å². The van der Waals surface area contributed by atoms with E-state index in [0.717, 1.165) is 16.3 Å². The van der Waals surface area contributed by atoms with E-state index in [1.165, 1.54) is 0 Å². The van der Waals surface area contributed by atoms with Gasteiger partial charge in [-0.2, -0.15) is 0 Å². The minimum atomic E-state index is -0.202. The topological polar surface area (TPSA) is 67.4 Å². The van der Waals surface area contributed by atoms with Crippen molar-refractivity contribution in [2.45, 2.75) is 6.42 Å². The maximum Gasteiger partial charge on any atom is 0.262 e. The highest BCUT2D eigenvalue weighted by Gasteiger charge is 2.16. The number of carbonyl (C=O) groups is 2. The maximum absolute atomic E-state index is 12.4. The van der Waals surface area contributed by atoms with Crippen molar-refractivity contribution in [1.29, 1.82) is 0 Å². The zero-order valence-corrected chi connectivity index (χ0v) is 13.4. The number of rotatable bonds is 3. The molecule has 3 aromatic rings. The van der Waals surface area contributed by atoms with Gasteiger partial charge in [0.05, 0.1) is 12.1 Å². The van der Waals surface area contributed by atoms with Gasteiger partial charge in [0.25, 0.3) is 5.91 Å². The van der Waals surface area contributed by atoms with E-state index < -0.39 is 0 Å². The Balaban J connectivity index is 1.52. The first-order chi connectivity index (χ1) is 12.2. The Hall–Kier alpha value is -3.34. The van der Waals surface area contributed by atoms with Crippen LogP contribution in [0, 0.1) is 0 Å². The predicted molar refractivity (Wildman–Crippen MR) is 96.8 cm³/mol. The molecule has 1 heterocycles. The first-order valence-corrected chi connectivity index (χ1v) is 8.02. The van der Waals surface area contributed by atoms with Gasteiger partial charge >= 0.3 is 0 Å². The minimum Gasteiger partial charge on any atom is -0.482 e. The van der Waals surface area contributed by atoms with Crippen molar-refractivity contribution >= 4 is 34.0 Å². The van der Waals surface area contributed by atoms with Crippen LogP contribution in [0.15, 0.2) is 60.7 Å². The lowest BCUT2D eigenvalue weighted by Crippen LogP contribution is -2.25. The molecule has 0 saturated carbocycles. The second-order valence-electron chi connectivity index (χ2n) is 5.91. The molecule has 25 heavy (non-hydrogen) atoms. The summed E-state index contributed by atoms with van der Waals surface area (Å²) in [5.74, 6) is 0.290. The smallest absolute Gasteiger partial charge is 0.262 e. The van der Waals surface area contributed by atoms with Crippen LogP contribution in [0.1, 0.15) is 5.56 Å². The molecule has 1 aliphatic heterocycles. The van der Waals surface area contributed by atoms with Crippen LogP contribution in [0.2, 0.25) is 0 Å². The van der Waals surface area contributed by atoms with E-state index in [2.05, 4.69) is 10.6 Å². The third-order valence-electron chi connectivity index (χ3n) is 4.13. The maximum atomic E-state index is 12.4. The Morgan fingerprint density at radius 1 is 1.08 bits per heavy atom. The second kappa shape index (κ2) is 6.28. The molecular formula is C20H16N2O3. The van der Waals surface area contributed by atoms with E-state index in [1.807, 2.05) is 42.5 Å². The largest absolute Gasteiger partial charge is 0.482 e. The van der Waals surface area contributed by atoms with Gasteiger partial charge in [-0.25, -0.2) is 0 Å². The van der Waals surface area contributed by atoms with E-state index in [0.29, 0.717) is 17.1 Å². The molecule has 0 saturated heterocycles. The predicted octanol–water partition coefficient (Wildman–Crippen LogP) is 3.35. The number of fused-ring (bicyclic) bond motifs is 2. The second-order valence-corrected chi connectivity index (χ2v) is 5.91. The molecule has 3 aromatic carbocycles. The van der Waals surface area contributed by atoms with Gasteiger partial charge in [-0.05, 0) is 34.5 Å². The summed E-state index contributed by atoms with van der Waals surface area (Å²) in [6.45, 7) is 0.0137. The summed E-state index contributed by atoms with van der Waals surface area (Å²) >= 11 is 0. The average molecular weight is 332 g/mol. The standard InChI is InChI=1S/C20H16N2O3/c23-19(10-14-6-3-5-13-4-1-2-7-16(13)14)21-15-8-9-18-17(11-15)22-20(24)12-25-18/h1-9,11H,10,12H2,(H,21,23)(H,22,24). The monoisotopic (exact) mass is 332 g/mol. The van der Waals surface area contributed by atoms with Crippen LogP contribution >= 0.6 is 0 Å². The van der Waals surface area contributed by atoms with Crippen molar-refractivity contribution in [2.24, 2.45) is 0 Å². The first kappa shape index (κ1) is 15.2. The van der Waals surface area contributed by atoms with Crippen molar-refractivity contribution in [3.05, 3.63) is 66.2 Å². The van der Waals surface area contributed by atoms with Crippen molar-refractivity contribution in [2.75, 3.05) is 17.2 Å². The van der Waals surface area contributed by atoms with Crippen LogP contribution in [0.25, 0.3) is 10.8 Å². The number of hydrogen-bond donors (Lipinski definition) is 2. The van der Waals surface area contributed by atoms with Gasteiger partial charge in [0.2, 0.25) is 5.91 Å². The number of anilines is 2. The fourth-order valence-electron chi connectivity index (χ4n) is 2.99. The Morgan fingerprint density at radius 2 is 1.92 bits per heavy atom. The summed E-state index contributed by atoms with van der Waals surface area (Å²) < 4.78 is 5.31. The summed E-state index contributed by atoms with van der Waals surface area (Å²) in [6, 6.07) is 19.1. The first-order valence-electron chi connectivity index (χ1n) is 8.02. The summed E-state index contributed by atoms with van der Waals surface area (Å²) in [5.41, 5.74) is 2.17. The Bertz CT molecular complexity index is 976. The molecule has 4 rings (SSSR count). The van der Waals surface area contributed by atoms with E-state index in [1.54, 1.807) is 18.2 Å². The van der Waals surface area contributed by atoms with Gasteiger partial charge in [0.1, 0.15) is 5.75 Å². The Morgan fingerprint density at radius 3 is 2.84 bits per heavy atom. The number of benzene rings is 3. The average Bonchev–Trinajstić information content (AvgIpc) is 2.61. The van der Waals surface area contributed by atoms with Gasteiger partial charge in [0.15, 0.2) is 6.61 Å². The van der Waals surface area contributed by atoms with E-state index in [9.17, 15) is 9.59 Å². The minimum absolute atomic E-state index is 0.0137. The summed E-state index contributed by atoms with van der Waals surface area (Å²) in [6.07, 6.45) is 0.279. The summed E-state index contributed by atoms with van der Waals surface area (Å²) in [5, 5.41) is 7.79. The SMILES string of the molecule is O=C(Cc1cccc2ccccc12)Nc1ccc2c(c1)NC(=O)CO2. The summed E-state index contributed by atoms with van der Waals surface area (Å²) in [4.78, 5) is 23.8. The molecule has 5 heteroatoms. The van der Waals surface area contributed by atoms with Gasteiger partial charge in [-0.1, -0.05) is 42.5 Å². The highest BCUT2D eigenvalue weighted by atomic mass is 16.5. The van der Waals surface area contributed by atoms with Crippen LogP contribution in [-0.2, 0) is 16.0 Å². The zero-order chi connectivity index (χ0) is 17.2. The van der Waals surface area contributed by atoms with Gasteiger partial charge < -0.3 is 15.4 Å². The molecule has 2 amide bonds. The lowest BCUT2D eigenvalue weighted by molar-refractivity contribution is -0.118. The fraction of sp³-hybridized carbons (Fsp3) is 0.100. The third-order valence-corrected chi connectivity index (χ3v) is 4.13. The van der Waals surface area contributed by atoms with E-state index in [-0.39, 0.29) is 24.8 Å². The number of ether oxygens (including phenoxy) is 1. The lowest BCUT2D eigenvalue weighted by atomic mass is 10.0. The van der Waals surface area contributed by atoms with Gasteiger partial charge in [-0.15, -0.1) is 0 Å². The normalized spacial score (nSPS) is 12.9. The molecule has 1 aliphatic rings. The number of nitrogens with one attached hydrogen (secondary N) is 2. The van der Waals surface area contributed by atoms with Crippen LogP contribution in [0.5, 0.6) is 5.75 Å². The number of hydrogen-bond acceptors (Lipinski definition) is 3. The molecule has 0 aromatic heterocycles. The van der Waals surface area contributed by atoms with Crippen molar-refractivity contribution in [3.8, 4) is 5.75 Å². The lowest BCUT2D eigenvalue weighted by Gasteiger charge is -2.18. The molecule has 0 spiro atoms. The van der Waals surface area contributed by atoms with Gasteiger partial charge in [0, 0.05) is 5.69 Å². The van der Waals surface area contributed by atoms with Crippen molar-refractivity contribution < 1.29 is 14.3 Å². The molecule has 5 nitrogen and oxygen atoms in total. The molecule has 0 fully saturated rings. The number of amides is 2. The van der Waals surface area contributed by atoms with Crippen molar-refractivity contribution in [1.82, 2.24) is 0 Å². The molecule has 0 atom stereocenters. The van der Waals surface area contributed by atoms with Gasteiger partial charge in [-0.3, -0.25) is 9.59 Å². The van der Waals surface area contributed by atoms with Crippen LogP contribution in [0.4, 0.5) is 11.4 Å². The van der Waals surface area contributed by atoms with Crippen molar-refractivity contribution in [3.63, 3.8) is 0 Å². The van der Waals surface area contributed by atoms with E-state index in [4.69, 9.17) is 4.74 Å². The number of carbonyl (C=O) groups excluding carboxylic acids is 2. The van der Waals surface area contributed by atoms with Crippen LogP contribution in [0.3, 0.4) is 0 Å². The highest BCUT2D eigenvalue weighted by molar-refractivity contribution is 5.99. The Labute approximate surface area is 144 Å². The highest BCUT2D eigenvalue weighted by Crippen LogP contribution is 2.30. The molecule has 2 N–H and O–H groups in total. The molecule has 0 unspecified atom stereocenters. The molecule has 0 aliphatic carbocycles. The third kappa shape index (κ3) is 3.17. The quantitative estimate of drug-likeness (QED) is 0.773. The zero-order valence-electron chi connectivity index (χ0n) is 13.4. The van der Waals surface area contributed by atoms with Crippen LogP contribution < -0.4 is 15.4 Å².